The molecule has 118 valence electrons. The number of amides is 2. The van der Waals surface area contributed by atoms with Crippen LogP contribution in [-0.4, -0.2) is 21.0 Å². The Kier molecular flexibility index (Phi) is 3.61. The number of nitrogens with one attached hydrogen (secondary N) is 3. The topological polar surface area (TPSA) is 82.7 Å². The van der Waals surface area contributed by atoms with Crippen LogP contribution >= 0.6 is 0 Å². The van der Waals surface area contributed by atoms with Crippen LogP contribution in [0.15, 0.2) is 42.9 Å². The van der Waals surface area contributed by atoms with E-state index < -0.39 is 17.8 Å². The maximum Gasteiger partial charge on any atom is 0.417 e. The third kappa shape index (κ3) is 3.23. The highest BCUT2D eigenvalue weighted by atomic mass is 19.4. The monoisotopic (exact) mass is 321 g/mol. The summed E-state index contributed by atoms with van der Waals surface area (Å²) in [5.41, 5.74) is 0.221. The first kappa shape index (κ1) is 14.8. The standard InChI is InChI=1S/C14H10F3N5O/c15-14(16,17)8-3-4-11(19-6-8)22-13(23)21-10-7-20-12-9(10)2-1-5-18-12/h1-7H,(H,18,20)(H2,19,21,22,23). The molecule has 3 aromatic heterocycles. The molecule has 0 aliphatic carbocycles. The van der Waals surface area contributed by atoms with E-state index in [0.717, 1.165) is 12.1 Å². The molecule has 9 heteroatoms. The van der Waals surface area contributed by atoms with E-state index in [4.69, 9.17) is 0 Å². The largest absolute Gasteiger partial charge is 0.417 e. The van der Waals surface area contributed by atoms with Crippen molar-refractivity contribution < 1.29 is 18.0 Å². The van der Waals surface area contributed by atoms with Crippen LogP contribution in [0.5, 0.6) is 0 Å². The minimum atomic E-state index is -4.47. The van der Waals surface area contributed by atoms with Gasteiger partial charge in [0.25, 0.3) is 0 Å². The molecule has 3 aromatic rings. The van der Waals surface area contributed by atoms with Gasteiger partial charge in [-0.25, -0.2) is 14.8 Å². The lowest BCUT2D eigenvalue weighted by Crippen LogP contribution is -2.20. The number of anilines is 2. The average molecular weight is 321 g/mol. The fourth-order valence-electron chi connectivity index (χ4n) is 1.96. The van der Waals surface area contributed by atoms with Crippen LogP contribution in [0.4, 0.5) is 29.5 Å². The number of aromatic nitrogens is 3. The summed E-state index contributed by atoms with van der Waals surface area (Å²) in [6.45, 7) is 0. The Bertz CT molecular complexity index is 841. The molecule has 23 heavy (non-hydrogen) atoms. The summed E-state index contributed by atoms with van der Waals surface area (Å²) in [5.74, 6) is 0.00784. The summed E-state index contributed by atoms with van der Waals surface area (Å²) < 4.78 is 37.3. The molecule has 0 aromatic carbocycles. The van der Waals surface area contributed by atoms with Crippen LogP contribution in [0.25, 0.3) is 11.0 Å². The molecule has 0 spiro atoms. The van der Waals surface area contributed by atoms with Crippen LogP contribution in [-0.2, 0) is 6.18 Å². The normalized spacial score (nSPS) is 11.4. The number of alkyl halides is 3. The number of hydrogen-bond donors (Lipinski definition) is 3. The third-order valence-corrected chi connectivity index (χ3v) is 3.03. The summed E-state index contributed by atoms with van der Waals surface area (Å²) in [5, 5.41) is 5.65. The van der Waals surface area contributed by atoms with Crippen LogP contribution in [0.3, 0.4) is 0 Å². The fourth-order valence-corrected chi connectivity index (χ4v) is 1.96. The van der Waals surface area contributed by atoms with Gasteiger partial charge in [0.1, 0.15) is 11.5 Å². The van der Waals surface area contributed by atoms with E-state index in [2.05, 4.69) is 25.6 Å². The first-order chi connectivity index (χ1) is 10.9. The van der Waals surface area contributed by atoms with Gasteiger partial charge in [-0.15, -0.1) is 0 Å². The van der Waals surface area contributed by atoms with Gasteiger partial charge < -0.3 is 10.3 Å². The highest BCUT2D eigenvalue weighted by molar-refractivity contribution is 6.04. The number of H-pyrrole nitrogens is 1. The lowest BCUT2D eigenvalue weighted by Gasteiger charge is -2.08. The Balaban J connectivity index is 1.70. The number of urea groups is 1. The summed E-state index contributed by atoms with van der Waals surface area (Å²) in [7, 11) is 0. The summed E-state index contributed by atoms with van der Waals surface area (Å²) in [6.07, 6.45) is -0.637. The number of aromatic amines is 1. The smallest absolute Gasteiger partial charge is 0.344 e. The number of carbonyl (C=O) groups is 1. The Labute approximate surface area is 127 Å². The third-order valence-electron chi connectivity index (χ3n) is 3.03. The molecular weight excluding hydrogens is 311 g/mol. The summed E-state index contributed by atoms with van der Waals surface area (Å²) >= 11 is 0. The molecule has 0 saturated carbocycles. The second kappa shape index (κ2) is 5.59. The van der Waals surface area contributed by atoms with Crippen molar-refractivity contribution in [2.24, 2.45) is 0 Å². The second-order valence-corrected chi connectivity index (χ2v) is 4.61. The van der Waals surface area contributed by atoms with Crippen molar-refractivity contribution in [2.45, 2.75) is 6.18 Å². The van der Waals surface area contributed by atoms with Crippen LogP contribution in [0, 0.1) is 0 Å². The zero-order valence-electron chi connectivity index (χ0n) is 11.5. The minimum Gasteiger partial charge on any atom is -0.344 e. The molecule has 0 atom stereocenters. The number of nitrogens with zero attached hydrogens (tertiary/aromatic N) is 2. The fraction of sp³-hybridized carbons (Fsp3) is 0.0714. The maximum atomic E-state index is 12.4. The lowest BCUT2D eigenvalue weighted by molar-refractivity contribution is -0.137. The number of pyridine rings is 2. The Morgan fingerprint density at radius 3 is 2.65 bits per heavy atom. The average Bonchev–Trinajstić information content (AvgIpc) is 2.90. The molecule has 0 aliphatic heterocycles. The van der Waals surface area contributed by atoms with E-state index in [1.54, 1.807) is 24.5 Å². The lowest BCUT2D eigenvalue weighted by atomic mass is 10.3. The van der Waals surface area contributed by atoms with Crippen molar-refractivity contribution in [3.63, 3.8) is 0 Å². The first-order valence-electron chi connectivity index (χ1n) is 6.47. The van der Waals surface area contributed by atoms with Crippen molar-refractivity contribution in [1.82, 2.24) is 15.0 Å². The highest BCUT2D eigenvalue weighted by Crippen LogP contribution is 2.28. The number of rotatable bonds is 2. The zero-order valence-corrected chi connectivity index (χ0v) is 11.5. The van der Waals surface area contributed by atoms with Gasteiger partial charge >= 0.3 is 12.2 Å². The SMILES string of the molecule is O=C(Nc1ccc(C(F)(F)F)cn1)Nc1c[nH]c2ncccc12. The molecule has 3 rings (SSSR count). The van der Waals surface area contributed by atoms with Gasteiger partial charge in [-0.05, 0) is 24.3 Å². The number of halogens is 3. The predicted molar refractivity (Wildman–Crippen MR) is 78.0 cm³/mol. The molecule has 6 nitrogen and oxygen atoms in total. The molecule has 0 radical (unpaired) electrons. The van der Waals surface area contributed by atoms with E-state index in [9.17, 15) is 18.0 Å². The highest BCUT2D eigenvalue weighted by Gasteiger charge is 2.30. The Morgan fingerprint density at radius 2 is 1.96 bits per heavy atom. The molecule has 3 N–H and O–H groups in total. The van der Waals surface area contributed by atoms with Crippen LogP contribution in [0.2, 0.25) is 0 Å². The summed E-state index contributed by atoms with van der Waals surface area (Å²) in [6, 6.07) is 4.79. The van der Waals surface area contributed by atoms with E-state index >= 15 is 0 Å². The van der Waals surface area contributed by atoms with Crippen molar-refractivity contribution in [3.05, 3.63) is 48.4 Å². The first-order valence-corrected chi connectivity index (χ1v) is 6.47. The summed E-state index contributed by atoms with van der Waals surface area (Å²) in [4.78, 5) is 22.4. The van der Waals surface area contributed by atoms with Crippen LogP contribution in [0.1, 0.15) is 5.56 Å². The molecule has 2 amide bonds. The number of carbonyl (C=O) groups excluding carboxylic acids is 1. The van der Waals surface area contributed by atoms with Crippen molar-refractivity contribution in [2.75, 3.05) is 10.6 Å². The maximum absolute atomic E-state index is 12.4. The van der Waals surface area contributed by atoms with E-state index in [1.807, 2.05) is 0 Å². The molecule has 0 aliphatic rings. The van der Waals surface area contributed by atoms with Gasteiger partial charge in [0.05, 0.1) is 11.3 Å². The van der Waals surface area contributed by atoms with Crippen molar-refractivity contribution in [1.29, 1.82) is 0 Å². The van der Waals surface area contributed by atoms with Gasteiger partial charge in [-0.2, -0.15) is 13.2 Å². The molecule has 0 bridgehead atoms. The van der Waals surface area contributed by atoms with Gasteiger partial charge in [0, 0.05) is 24.0 Å². The molecular formula is C14H10F3N5O. The van der Waals surface area contributed by atoms with Gasteiger partial charge in [0.2, 0.25) is 0 Å². The Hall–Kier alpha value is -3.10. The Morgan fingerprint density at radius 1 is 1.13 bits per heavy atom. The van der Waals surface area contributed by atoms with E-state index in [1.165, 1.54) is 0 Å². The predicted octanol–water partition coefficient (Wildman–Crippen LogP) is 3.62. The molecule has 0 saturated heterocycles. The minimum absolute atomic E-state index is 0.00784. The van der Waals surface area contributed by atoms with Gasteiger partial charge in [-0.3, -0.25) is 5.32 Å². The van der Waals surface area contributed by atoms with Gasteiger partial charge in [-0.1, -0.05) is 0 Å². The van der Waals surface area contributed by atoms with Crippen molar-refractivity contribution >= 4 is 28.6 Å². The van der Waals surface area contributed by atoms with E-state index in [0.29, 0.717) is 22.9 Å². The number of hydrogen-bond acceptors (Lipinski definition) is 3. The van der Waals surface area contributed by atoms with Crippen molar-refractivity contribution in [3.8, 4) is 0 Å². The van der Waals surface area contributed by atoms with Gasteiger partial charge in [0.15, 0.2) is 0 Å². The second-order valence-electron chi connectivity index (χ2n) is 4.61. The number of fused-ring (bicyclic) bond motifs is 1. The van der Waals surface area contributed by atoms with E-state index in [-0.39, 0.29) is 5.82 Å². The molecule has 0 unspecified atom stereocenters. The zero-order chi connectivity index (χ0) is 16.4. The molecule has 3 heterocycles. The van der Waals surface area contributed by atoms with Crippen LogP contribution < -0.4 is 10.6 Å². The quantitative estimate of drug-likeness (QED) is 0.674. The molecule has 0 fully saturated rings.